The van der Waals surface area contributed by atoms with Crippen LogP contribution in [0.1, 0.15) is 38.6 Å². The van der Waals surface area contributed by atoms with E-state index >= 15 is 0 Å². The molecule has 0 N–H and O–H groups in total. The number of pyridine rings is 1. The number of hydrogen-bond acceptors (Lipinski definition) is 4. The van der Waals surface area contributed by atoms with Crippen molar-refractivity contribution in [3.63, 3.8) is 0 Å². The molecule has 0 radical (unpaired) electrons. The summed E-state index contributed by atoms with van der Waals surface area (Å²) in [6.45, 7) is 5.39. The zero-order chi connectivity index (χ0) is 17.3. The van der Waals surface area contributed by atoms with E-state index in [1.54, 1.807) is 6.20 Å². The molecule has 1 saturated heterocycles. The van der Waals surface area contributed by atoms with Crippen molar-refractivity contribution in [3.05, 3.63) is 46.9 Å². The quantitative estimate of drug-likeness (QED) is 0.818. The summed E-state index contributed by atoms with van der Waals surface area (Å²) >= 11 is 0. The van der Waals surface area contributed by atoms with Gasteiger partial charge in [0, 0.05) is 43.8 Å². The third-order valence-electron chi connectivity index (χ3n) is 4.28. The summed E-state index contributed by atoms with van der Waals surface area (Å²) in [6, 6.07) is 2.92. The Labute approximate surface area is 141 Å². The molecule has 2 aromatic rings. The number of rotatable bonds is 5. The van der Waals surface area contributed by atoms with Gasteiger partial charge in [0.25, 0.3) is 5.56 Å². The van der Waals surface area contributed by atoms with Crippen LogP contribution in [0.5, 0.6) is 0 Å². The van der Waals surface area contributed by atoms with Crippen LogP contribution in [0, 0.1) is 0 Å². The highest BCUT2D eigenvalue weighted by Crippen LogP contribution is 2.20. The Balaban J connectivity index is 1.95. The normalized spacial score (nSPS) is 16.1. The molecule has 8 heteroatoms. The lowest BCUT2D eigenvalue weighted by molar-refractivity contribution is 0.476. The third-order valence-corrected chi connectivity index (χ3v) is 6.16. The van der Waals surface area contributed by atoms with Gasteiger partial charge in [-0.15, -0.1) is 0 Å². The van der Waals surface area contributed by atoms with Crippen LogP contribution in [-0.2, 0) is 16.6 Å². The molecular formula is C16H22N4O3S. The van der Waals surface area contributed by atoms with E-state index in [1.165, 1.54) is 27.2 Å². The van der Waals surface area contributed by atoms with Gasteiger partial charge in [-0.25, -0.2) is 13.4 Å². The summed E-state index contributed by atoms with van der Waals surface area (Å²) in [7, 11) is -3.54. The van der Waals surface area contributed by atoms with E-state index in [0.29, 0.717) is 13.1 Å². The molecule has 0 atom stereocenters. The fourth-order valence-electron chi connectivity index (χ4n) is 2.95. The van der Waals surface area contributed by atoms with Crippen LogP contribution >= 0.6 is 0 Å². The molecule has 130 valence electrons. The van der Waals surface area contributed by atoms with Gasteiger partial charge in [-0.05, 0) is 32.8 Å². The molecule has 1 aliphatic heterocycles. The Morgan fingerprint density at radius 1 is 1.21 bits per heavy atom. The average Bonchev–Trinajstić information content (AvgIpc) is 3.20. The summed E-state index contributed by atoms with van der Waals surface area (Å²) in [4.78, 5) is 16.6. The van der Waals surface area contributed by atoms with Crippen molar-refractivity contribution in [1.29, 1.82) is 0 Å². The van der Waals surface area contributed by atoms with Crippen LogP contribution in [-0.4, -0.2) is 39.9 Å². The fourth-order valence-corrected chi connectivity index (χ4v) is 4.49. The van der Waals surface area contributed by atoms with Crippen LogP contribution in [0.4, 0.5) is 0 Å². The molecule has 0 saturated carbocycles. The van der Waals surface area contributed by atoms with Crippen molar-refractivity contribution in [1.82, 2.24) is 18.4 Å². The van der Waals surface area contributed by atoms with E-state index in [4.69, 9.17) is 0 Å². The maximum atomic E-state index is 12.7. The lowest BCUT2D eigenvalue weighted by atomic mass is 10.3. The van der Waals surface area contributed by atoms with Gasteiger partial charge in [0.1, 0.15) is 5.82 Å². The molecule has 1 fully saturated rings. The van der Waals surface area contributed by atoms with E-state index < -0.39 is 10.0 Å². The van der Waals surface area contributed by atoms with Crippen molar-refractivity contribution >= 4 is 10.0 Å². The van der Waals surface area contributed by atoms with Crippen LogP contribution in [0.3, 0.4) is 0 Å². The monoisotopic (exact) mass is 350 g/mol. The number of imidazole rings is 1. The highest BCUT2D eigenvalue weighted by molar-refractivity contribution is 7.89. The lowest BCUT2D eigenvalue weighted by Gasteiger charge is -2.17. The number of aromatic nitrogens is 3. The second-order valence-electron chi connectivity index (χ2n) is 6.29. The minimum atomic E-state index is -3.54. The van der Waals surface area contributed by atoms with Crippen LogP contribution < -0.4 is 5.56 Å². The zero-order valence-corrected chi connectivity index (χ0v) is 14.7. The predicted octanol–water partition coefficient (Wildman–Crippen LogP) is 1.46. The minimum absolute atomic E-state index is 0.159. The molecule has 0 aliphatic carbocycles. The standard InChI is InChI=1S/C16H22N4O3S/c1-13(2)20-10-7-17-15(20)12-18-11-14(5-6-16(18)21)24(22,23)19-8-3-4-9-19/h5-7,10-11,13H,3-4,8-9,12H2,1-2H3. The Kier molecular flexibility index (Phi) is 4.60. The van der Waals surface area contributed by atoms with Gasteiger partial charge >= 0.3 is 0 Å². The Morgan fingerprint density at radius 3 is 2.58 bits per heavy atom. The van der Waals surface area contributed by atoms with Gasteiger partial charge in [0.15, 0.2) is 0 Å². The van der Waals surface area contributed by atoms with Crippen LogP contribution in [0.15, 0.2) is 40.4 Å². The second-order valence-corrected chi connectivity index (χ2v) is 8.22. The van der Waals surface area contributed by atoms with Gasteiger partial charge in [-0.3, -0.25) is 4.79 Å². The zero-order valence-electron chi connectivity index (χ0n) is 13.9. The van der Waals surface area contributed by atoms with Gasteiger partial charge in [0.05, 0.1) is 11.4 Å². The first-order valence-electron chi connectivity index (χ1n) is 8.12. The third kappa shape index (κ3) is 3.16. The molecule has 3 rings (SSSR count). The summed E-state index contributed by atoms with van der Waals surface area (Å²) in [6.07, 6.45) is 6.73. The average molecular weight is 350 g/mol. The Bertz CT molecular complexity index is 877. The molecule has 2 aromatic heterocycles. The van der Waals surface area contributed by atoms with E-state index in [0.717, 1.165) is 18.7 Å². The molecule has 7 nitrogen and oxygen atoms in total. The Morgan fingerprint density at radius 2 is 1.92 bits per heavy atom. The molecule has 0 unspecified atom stereocenters. The molecule has 1 aliphatic rings. The smallest absolute Gasteiger partial charge is 0.251 e. The Hall–Kier alpha value is -1.93. The molecular weight excluding hydrogens is 328 g/mol. The van der Waals surface area contributed by atoms with Gasteiger partial charge in [-0.1, -0.05) is 0 Å². The number of hydrogen-bond donors (Lipinski definition) is 0. The largest absolute Gasteiger partial charge is 0.331 e. The lowest BCUT2D eigenvalue weighted by Crippen LogP contribution is -2.30. The van der Waals surface area contributed by atoms with E-state index in [-0.39, 0.29) is 23.0 Å². The summed E-state index contributed by atoms with van der Waals surface area (Å²) < 4.78 is 30.2. The minimum Gasteiger partial charge on any atom is -0.331 e. The molecule has 0 spiro atoms. The second kappa shape index (κ2) is 6.52. The van der Waals surface area contributed by atoms with Crippen molar-refractivity contribution in [2.45, 2.75) is 44.2 Å². The van der Waals surface area contributed by atoms with Crippen molar-refractivity contribution in [2.75, 3.05) is 13.1 Å². The van der Waals surface area contributed by atoms with Crippen LogP contribution in [0.2, 0.25) is 0 Å². The number of sulfonamides is 1. The maximum absolute atomic E-state index is 12.7. The SMILES string of the molecule is CC(C)n1ccnc1Cn1cc(S(=O)(=O)N2CCCC2)ccc1=O. The van der Waals surface area contributed by atoms with E-state index in [1.807, 2.05) is 24.6 Å². The van der Waals surface area contributed by atoms with Gasteiger partial charge in [0.2, 0.25) is 10.0 Å². The predicted molar refractivity (Wildman–Crippen MR) is 90.4 cm³/mol. The molecule has 0 bridgehead atoms. The summed E-state index contributed by atoms with van der Waals surface area (Å²) in [5.41, 5.74) is -0.242. The summed E-state index contributed by atoms with van der Waals surface area (Å²) in [5, 5.41) is 0. The van der Waals surface area contributed by atoms with Crippen LogP contribution in [0.25, 0.3) is 0 Å². The number of nitrogens with zero attached hydrogens (tertiary/aromatic N) is 4. The topological polar surface area (TPSA) is 77.2 Å². The van der Waals surface area contributed by atoms with Gasteiger partial charge < -0.3 is 9.13 Å². The van der Waals surface area contributed by atoms with Crippen molar-refractivity contribution in [2.24, 2.45) is 0 Å². The van der Waals surface area contributed by atoms with Crippen molar-refractivity contribution < 1.29 is 8.42 Å². The molecule has 0 aromatic carbocycles. The van der Waals surface area contributed by atoms with Gasteiger partial charge in [-0.2, -0.15) is 4.31 Å². The first-order chi connectivity index (χ1) is 11.4. The molecule has 24 heavy (non-hydrogen) atoms. The molecule has 0 amide bonds. The summed E-state index contributed by atoms with van der Waals surface area (Å²) in [5.74, 6) is 0.725. The van der Waals surface area contributed by atoms with E-state index in [2.05, 4.69) is 4.98 Å². The maximum Gasteiger partial charge on any atom is 0.251 e. The fraction of sp³-hybridized carbons (Fsp3) is 0.500. The van der Waals surface area contributed by atoms with Crippen molar-refractivity contribution in [3.8, 4) is 0 Å². The highest BCUT2D eigenvalue weighted by atomic mass is 32.2. The molecule has 3 heterocycles. The first-order valence-corrected chi connectivity index (χ1v) is 9.56. The highest BCUT2D eigenvalue weighted by Gasteiger charge is 2.27. The van der Waals surface area contributed by atoms with E-state index in [9.17, 15) is 13.2 Å². The first kappa shape index (κ1) is 16.9.